The van der Waals surface area contributed by atoms with Crippen LogP contribution in [0.25, 0.3) is 0 Å². The van der Waals surface area contributed by atoms with Crippen LogP contribution in [0.4, 0.5) is 0 Å². The van der Waals surface area contributed by atoms with Gasteiger partial charge in [-0.1, -0.05) is 0 Å². The number of hydrogen-bond acceptors (Lipinski definition) is 5. The molecule has 0 radical (unpaired) electrons. The quantitative estimate of drug-likeness (QED) is 0.626. The standard InChI is InChI=1S/C15H21N3O6/c1-8(14(22)17-7-3-4-10(17)15(23)24)16-13(21)9(2)18-11(19)5-6-12(18)20/h8-10H,3-7H2,1-2H3,(H,16,21)(H,23,24)/t8-,9-,10-/m0/s1. The van der Waals surface area contributed by atoms with Crippen molar-refractivity contribution in [3.8, 4) is 0 Å². The number of nitrogens with one attached hydrogen (secondary N) is 1. The third-order valence-electron chi connectivity index (χ3n) is 4.41. The van der Waals surface area contributed by atoms with Gasteiger partial charge < -0.3 is 15.3 Å². The summed E-state index contributed by atoms with van der Waals surface area (Å²) in [5.41, 5.74) is 0. The summed E-state index contributed by atoms with van der Waals surface area (Å²) in [6, 6.07) is -2.82. The van der Waals surface area contributed by atoms with E-state index in [9.17, 15) is 24.0 Å². The zero-order valence-corrected chi connectivity index (χ0v) is 13.7. The number of rotatable bonds is 5. The Balaban J connectivity index is 1.98. The molecule has 132 valence electrons. The van der Waals surface area contributed by atoms with Crippen LogP contribution in [0.1, 0.15) is 39.5 Å². The van der Waals surface area contributed by atoms with Crippen LogP contribution in [0.15, 0.2) is 0 Å². The van der Waals surface area contributed by atoms with Gasteiger partial charge in [-0.2, -0.15) is 0 Å². The molecule has 3 atom stereocenters. The van der Waals surface area contributed by atoms with Gasteiger partial charge >= 0.3 is 5.97 Å². The molecule has 9 nitrogen and oxygen atoms in total. The van der Waals surface area contributed by atoms with Crippen molar-refractivity contribution < 1.29 is 29.1 Å². The summed E-state index contributed by atoms with van der Waals surface area (Å²) in [7, 11) is 0. The lowest BCUT2D eigenvalue weighted by molar-refractivity contribution is -0.150. The first-order valence-corrected chi connectivity index (χ1v) is 7.92. The first-order chi connectivity index (χ1) is 11.2. The largest absolute Gasteiger partial charge is 0.480 e. The number of carboxylic acid groups (broad SMARTS) is 1. The highest BCUT2D eigenvalue weighted by molar-refractivity contribution is 6.05. The highest BCUT2D eigenvalue weighted by Crippen LogP contribution is 2.19. The predicted octanol–water partition coefficient (Wildman–Crippen LogP) is -0.896. The van der Waals surface area contributed by atoms with Crippen LogP contribution in [-0.4, -0.2) is 69.2 Å². The van der Waals surface area contributed by atoms with Crippen molar-refractivity contribution in [3.63, 3.8) is 0 Å². The van der Waals surface area contributed by atoms with Crippen molar-refractivity contribution >= 4 is 29.6 Å². The number of aliphatic carboxylic acids is 1. The Bertz CT molecular complexity index is 574. The number of nitrogens with zero attached hydrogens (tertiary/aromatic N) is 2. The van der Waals surface area contributed by atoms with Gasteiger partial charge in [0.2, 0.25) is 23.6 Å². The number of imide groups is 1. The van der Waals surface area contributed by atoms with Crippen molar-refractivity contribution in [2.75, 3.05) is 6.54 Å². The summed E-state index contributed by atoms with van der Waals surface area (Å²) in [4.78, 5) is 61.2. The van der Waals surface area contributed by atoms with E-state index >= 15 is 0 Å². The molecule has 2 aliphatic heterocycles. The van der Waals surface area contributed by atoms with Crippen LogP contribution >= 0.6 is 0 Å². The van der Waals surface area contributed by atoms with Crippen molar-refractivity contribution in [2.45, 2.75) is 57.7 Å². The Kier molecular flexibility index (Phi) is 5.20. The van der Waals surface area contributed by atoms with Gasteiger partial charge in [-0.05, 0) is 26.7 Å². The molecule has 0 unspecified atom stereocenters. The van der Waals surface area contributed by atoms with Gasteiger partial charge in [0.15, 0.2) is 0 Å². The topological polar surface area (TPSA) is 124 Å². The monoisotopic (exact) mass is 339 g/mol. The van der Waals surface area contributed by atoms with E-state index in [1.54, 1.807) is 0 Å². The summed E-state index contributed by atoms with van der Waals surface area (Å²) in [6.45, 7) is 3.20. The Labute approximate surface area is 139 Å². The van der Waals surface area contributed by atoms with Gasteiger partial charge in [-0.25, -0.2) is 4.79 Å². The Morgan fingerprint density at radius 3 is 2.29 bits per heavy atom. The number of carbonyl (C=O) groups is 5. The molecule has 2 rings (SSSR count). The number of amides is 4. The van der Waals surface area contributed by atoms with E-state index in [1.165, 1.54) is 18.7 Å². The lowest BCUT2D eigenvalue weighted by Gasteiger charge is -2.27. The number of likely N-dealkylation sites (tertiary alicyclic amines) is 2. The first kappa shape index (κ1) is 17.9. The third-order valence-corrected chi connectivity index (χ3v) is 4.41. The summed E-state index contributed by atoms with van der Waals surface area (Å²) >= 11 is 0. The van der Waals surface area contributed by atoms with Crippen LogP contribution in [0, 0.1) is 0 Å². The van der Waals surface area contributed by atoms with Crippen LogP contribution in [-0.2, 0) is 24.0 Å². The maximum Gasteiger partial charge on any atom is 0.326 e. The molecule has 0 saturated carbocycles. The summed E-state index contributed by atoms with van der Waals surface area (Å²) < 4.78 is 0. The lowest BCUT2D eigenvalue weighted by atomic mass is 10.2. The van der Waals surface area contributed by atoms with Gasteiger partial charge in [0.25, 0.3) is 0 Å². The SMILES string of the molecule is C[C@H](NC(=O)[C@H](C)N1C(=O)CCC1=O)C(=O)N1CCC[C@H]1C(=O)O. The highest BCUT2D eigenvalue weighted by atomic mass is 16.4. The van der Waals surface area contributed by atoms with E-state index in [0.717, 1.165) is 4.90 Å². The molecule has 0 aliphatic carbocycles. The van der Waals surface area contributed by atoms with E-state index in [4.69, 9.17) is 5.11 Å². The summed E-state index contributed by atoms with van der Waals surface area (Å²) in [5.74, 6) is -3.00. The fourth-order valence-corrected chi connectivity index (χ4v) is 3.07. The molecule has 0 bridgehead atoms. The first-order valence-electron chi connectivity index (χ1n) is 7.92. The van der Waals surface area contributed by atoms with Crippen molar-refractivity contribution in [1.82, 2.24) is 15.1 Å². The minimum atomic E-state index is -1.07. The fraction of sp³-hybridized carbons (Fsp3) is 0.667. The average molecular weight is 339 g/mol. The zero-order valence-electron chi connectivity index (χ0n) is 13.7. The number of carboxylic acids is 1. The van der Waals surface area contributed by atoms with Crippen LogP contribution in [0.3, 0.4) is 0 Å². The fourth-order valence-electron chi connectivity index (χ4n) is 3.07. The van der Waals surface area contributed by atoms with Crippen LogP contribution in [0.5, 0.6) is 0 Å². The van der Waals surface area contributed by atoms with Crippen LogP contribution in [0.2, 0.25) is 0 Å². The van der Waals surface area contributed by atoms with E-state index in [0.29, 0.717) is 19.4 Å². The van der Waals surface area contributed by atoms with Gasteiger partial charge in [0, 0.05) is 19.4 Å². The van der Waals surface area contributed by atoms with Gasteiger partial charge in [-0.3, -0.25) is 24.1 Å². The minimum Gasteiger partial charge on any atom is -0.480 e. The summed E-state index contributed by atoms with van der Waals surface area (Å²) in [5, 5.41) is 11.6. The smallest absolute Gasteiger partial charge is 0.326 e. The molecule has 2 N–H and O–H groups in total. The Morgan fingerprint density at radius 2 is 1.75 bits per heavy atom. The molecule has 2 saturated heterocycles. The molecule has 24 heavy (non-hydrogen) atoms. The molecule has 4 amide bonds. The molecule has 9 heteroatoms. The molecule has 2 fully saturated rings. The second kappa shape index (κ2) is 6.98. The average Bonchev–Trinajstić information content (AvgIpc) is 3.13. The second-order valence-corrected chi connectivity index (χ2v) is 6.09. The van der Waals surface area contributed by atoms with Gasteiger partial charge in [0.05, 0.1) is 0 Å². The van der Waals surface area contributed by atoms with E-state index in [2.05, 4.69) is 5.32 Å². The van der Waals surface area contributed by atoms with Crippen molar-refractivity contribution in [2.24, 2.45) is 0 Å². The summed E-state index contributed by atoms with van der Waals surface area (Å²) in [6.07, 6.45) is 1.14. The number of hydrogen-bond donors (Lipinski definition) is 2. The minimum absolute atomic E-state index is 0.0823. The van der Waals surface area contributed by atoms with Crippen molar-refractivity contribution in [3.05, 3.63) is 0 Å². The van der Waals surface area contributed by atoms with E-state index < -0.39 is 47.7 Å². The van der Waals surface area contributed by atoms with Gasteiger partial charge in [-0.15, -0.1) is 0 Å². The molecular weight excluding hydrogens is 318 g/mol. The Hall–Kier alpha value is -2.45. The molecular formula is C15H21N3O6. The Morgan fingerprint density at radius 1 is 1.17 bits per heavy atom. The van der Waals surface area contributed by atoms with E-state index in [-0.39, 0.29) is 12.8 Å². The molecule has 0 spiro atoms. The zero-order chi connectivity index (χ0) is 18.0. The maximum absolute atomic E-state index is 12.4. The van der Waals surface area contributed by atoms with Crippen LogP contribution < -0.4 is 5.32 Å². The van der Waals surface area contributed by atoms with E-state index in [1.807, 2.05) is 0 Å². The predicted molar refractivity (Wildman–Crippen MR) is 80.5 cm³/mol. The third kappa shape index (κ3) is 3.39. The lowest BCUT2D eigenvalue weighted by Crippen LogP contribution is -2.54. The second-order valence-electron chi connectivity index (χ2n) is 6.09. The van der Waals surface area contributed by atoms with Crippen molar-refractivity contribution in [1.29, 1.82) is 0 Å². The molecule has 0 aromatic carbocycles. The highest BCUT2D eigenvalue weighted by Gasteiger charge is 2.39. The molecule has 2 aliphatic rings. The molecule has 0 aromatic heterocycles. The number of carbonyl (C=O) groups excluding carboxylic acids is 4. The molecule has 2 heterocycles. The van der Waals surface area contributed by atoms with Gasteiger partial charge in [0.1, 0.15) is 18.1 Å². The normalized spacial score (nSPS) is 23.3. The molecule has 0 aromatic rings. The maximum atomic E-state index is 12.4.